The van der Waals surface area contributed by atoms with E-state index in [2.05, 4.69) is 45.2 Å². The van der Waals surface area contributed by atoms with Crippen LogP contribution in [0.4, 0.5) is 0 Å². The number of aromatic nitrogens is 1. The Morgan fingerprint density at radius 1 is 1.21 bits per heavy atom. The molecule has 0 fully saturated rings. The van der Waals surface area contributed by atoms with E-state index in [9.17, 15) is 0 Å². The maximum absolute atomic E-state index is 6.28. The molecular weight excluding hydrogens is 252 g/mol. The third-order valence-corrected chi connectivity index (χ3v) is 4.78. The lowest BCUT2D eigenvalue weighted by Gasteiger charge is -2.19. The number of thiazole rings is 1. The van der Waals surface area contributed by atoms with Crippen LogP contribution in [-0.2, 0) is 5.54 Å². The van der Waals surface area contributed by atoms with Gasteiger partial charge >= 0.3 is 0 Å². The van der Waals surface area contributed by atoms with E-state index in [-0.39, 0.29) is 5.54 Å². The summed E-state index contributed by atoms with van der Waals surface area (Å²) >= 11 is 1.66. The maximum atomic E-state index is 6.28. The molecule has 0 aliphatic carbocycles. The van der Waals surface area contributed by atoms with Gasteiger partial charge in [0.2, 0.25) is 0 Å². The van der Waals surface area contributed by atoms with Crippen LogP contribution < -0.4 is 5.73 Å². The Morgan fingerprint density at radius 3 is 2.32 bits per heavy atom. The molecule has 0 aliphatic heterocycles. The summed E-state index contributed by atoms with van der Waals surface area (Å²) < 4.78 is 0. The smallest absolute Gasteiger partial charge is 0.113 e. The number of hydrogen-bond donors (Lipinski definition) is 1. The Balaban J connectivity index is 2.50. The molecule has 0 saturated carbocycles. The molecule has 1 aromatic heterocycles. The minimum atomic E-state index is -0.324. The van der Waals surface area contributed by atoms with Crippen LogP contribution in [0.25, 0.3) is 11.3 Å². The molecule has 0 aliphatic rings. The van der Waals surface area contributed by atoms with Gasteiger partial charge in [-0.15, -0.1) is 11.3 Å². The largest absolute Gasteiger partial charge is 0.320 e. The van der Waals surface area contributed by atoms with Crippen molar-refractivity contribution in [3.05, 3.63) is 39.2 Å². The molecule has 2 aromatic rings. The third kappa shape index (κ3) is 2.72. The number of benzene rings is 1. The van der Waals surface area contributed by atoms with Gasteiger partial charge in [-0.2, -0.15) is 0 Å². The number of nitrogens with two attached hydrogens (primary N) is 1. The van der Waals surface area contributed by atoms with Gasteiger partial charge in [-0.1, -0.05) is 24.6 Å². The molecular formula is C16H22N2S. The first-order valence-electron chi connectivity index (χ1n) is 6.68. The summed E-state index contributed by atoms with van der Waals surface area (Å²) in [6.07, 6.45) is 0.895. The summed E-state index contributed by atoms with van der Waals surface area (Å²) in [5.41, 5.74) is 12.1. The van der Waals surface area contributed by atoms with Crippen molar-refractivity contribution in [1.29, 1.82) is 0 Å². The summed E-state index contributed by atoms with van der Waals surface area (Å²) in [5, 5.41) is 3.14. The lowest BCUT2D eigenvalue weighted by Crippen LogP contribution is -2.31. The van der Waals surface area contributed by atoms with Gasteiger partial charge in [0, 0.05) is 10.9 Å². The molecule has 0 radical (unpaired) electrons. The van der Waals surface area contributed by atoms with Crippen molar-refractivity contribution in [3.8, 4) is 11.3 Å². The quantitative estimate of drug-likeness (QED) is 0.905. The van der Waals surface area contributed by atoms with Crippen molar-refractivity contribution in [2.24, 2.45) is 5.73 Å². The number of aryl methyl sites for hydroxylation is 3. The number of nitrogens with zero attached hydrogens (tertiary/aromatic N) is 1. The fourth-order valence-corrected chi connectivity index (χ4v) is 3.34. The van der Waals surface area contributed by atoms with Crippen molar-refractivity contribution in [1.82, 2.24) is 4.98 Å². The van der Waals surface area contributed by atoms with Gasteiger partial charge in [0.15, 0.2) is 0 Å². The summed E-state index contributed by atoms with van der Waals surface area (Å²) in [6.45, 7) is 10.6. The van der Waals surface area contributed by atoms with E-state index in [1.807, 2.05) is 6.92 Å². The molecule has 0 spiro atoms. The Kier molecular flexibility index (Phi) is 3.79. The van der Waals surface area contributed by atoms with Gasteiger partial charge in [0.1, 0.15) is 5.01 Å². The number of hydrogen-bond acceptors (Lipinski definition) is 3. The van der Waals surface area contributed by atoms with E-state index in [1.54, 1.807) is 11.3 Å². The maximum Gasteiger partial charge on any atom is 0.113 e. The first-order chi connectivity index (χ1) is 8.85. The van der Waals surface area contributed by atoms with Gasteiger partial charge < -0.3 is 5.73 Å². The molecule has 1 heterocycles. The second kappa shape index (κ2) is 5.06. The monoisotopic (exact) mass is 274 g/mol. The molecule has 102 valence electrons. The van der Waals surface area contributed by atoms with E-state index in [1.165, 1.54) is 22.3 Å². The molecule has 1 atom stereocenters. The molecule has 3 heteroatoms. The van der Waals surface area contributed by atoms with E-state index >= 15 is 0 Å². The highest BCUT2D eigenvalue weighted by Crippen LogP contribution is 2.32. The predicted octanol–water partition coefficient (Wildman–Crippen LogP) is 4.32. The van der Waals surface area contributed by atoms with E-state index in [0.29, 0.717) is 0 Å². The fraction of sp³-hybridized carbons (Fsp3) is 0.438. The second-order valence-electron chi connectivity index (χ2n) is 5.58. The van der Waals surface area contributed by atoms with Crippen molar-refractivity contribution < 1.29 is 0 Å². The molecule has 2 N–H and O–H groups in total. The van der Waals surface area contributed by atoms with Crippen molar-refractivity contribution >= 4 is 11.3 Å². The molecule has 0 bridgehead atoms. The normalized spacial score (nSPS) is 14.4. The molecule has 0 amide bonds. The van der Waals surface area contributed by atoms with E-state index in [4.69, 9.17) is 10.7 Å². The zero-order chi connectivity index (χ0) is 14.2. The summed E-state index contributed by atoms with van der Waals surface area (Å²) in [4.78, 5) is 4.77. The van der Waals surface area contributed by atoms with Crippen LogP contribution >= 0.6 is 11.3 Å². The van der Waals surface area contributed by atoms with Gasteiger partial charge in [-0.25, -0.2) is 4.98 Å². The van der Waals surface area contributed by atoms with Crippen LogP contribution in [0.3, 0.4) is 0 Å². The highest BCUT2D eigenvalue weighted by Gasteiger charge is 2.23. The summed E-state index contributed by atoms with van der Waals surface area (Å²) in [5.74, 6) is 0. The summed E-state index contributed by atoms with van der Waals surface area (Å²) in [6, 6.07) is 4.42. The molecule has 0 saturated heterocycles. The van der Waals surface area contributed by atoms with E-state index in [0.717, 1.165) is 17.1 Å². The predicted molar refractivity (Wildman–Crippen MR) is 83.6 cm³/mol. The Bertz CT molecular complexity index is 574. The fourth-order valence-electron chi connectivity index (χ4n) is 2.39. The molecule has 2 rings (SSSR count). The molecule has 1 unspecified atom stereocenters. The van der Waals surface area contributed by atoms with Crippen LogP contribution in [0.1, 0.15) is 42.0 Å². The highest BCUT2D eigenvalue weighted by molar-refractivity contribution is 7.10. The SMILES string of the molecule is CCC(C)(N)c1nc(-c2c(C)cc(C)cc2C)cs1. The van der Waals surface area contributed by atoms with Gasteiger partial charge in [-0.3, -0.25) is 0 Å². The lowest BCUT2D eigenvalue weighted by atomic mass is 9.97. The molecule has 2 nitrogen and oxygen atoms in total. The second-order valence-corrected chi connectivity index (χ2v) is 6.44. The van der Waals surface area contributed by atoms with Crippen molar-refractivity contribution in [3.63, 3.8) is 0 Å². The van der Waals surface area contributed by atoms with Gasteiger partial charge in [0.05, 0.1) is 11.2 Å². The third-order valence-electron chi connectivity index (χ3n) is 3.66. The van der Waals surface area contributed by atoms with Crippen LogP contribution in [0.2, 0.25) is 0 Å². The van der Waals surface area contributed by atoms with Crippen LogP contribution in [0, 0.1) is 20.8 Å². The minimum Gasteiger partial charge on any atom is -0.320 e. The van der Waals surface area contributed by atoms with Gasteiger partial charge in [0.25, 0.3) is 0 Å². The standard InChI is InChI=1S/C16H22N2S/c1-6-16(5,17)15-18-13(9-19-15)14-11(3)7-10(2)8-12(14)4/h7-9H,6,17H2,1-5H3. The van der Waals surface area contributed by atoms with Crippen molar-refractivity contribution in [2.45, 2.75) is 46.6 Å². The Labute approximate surface area is 119 Å². The van der Waals surface area contributed by atoms with Crippen LogP contribution in [0.5, 0.6) is 0 Å². The lowest BCUT2D eigenvalue weighted by molar-refractivity contribution is 0.474. The van der Waals surface area contributed by atoms with E-state index < -0.39 is 0 Å². The molecule has 19 heavy (non-hydrogen) atoms. The first-order valence-corrected chi connectivity index (χ1v) is 7.56. The highest BCUT2D eigenvalue weighted by atomic mass is 32.1. The van der Waals surface area contributed by atoms with Crippen LogP contribution in [-0.4, -0.2) is 4.98 Å². The minimum absolute atomic E-state index is 0.324. The zero-order valence-electron chi connectivity index (χ0n) is 12.4. The topological polar surface area (TPSA) is 38.9 Å². The van der Waals surface area contributed by atoms with Crippen molar-refractivity contribution in [2.75, 3.05) is 0 Å². The first kappa shape index (κ1) is 14.2. The average molecular weight is 274 g/mol. The summed E-state index contributed by atoms with van der Waals surface area (Å²) in [7, 11) is 0. The molecule has 1 aromatic carbocycles. The zero-order valence-corrected chi connectivity index (χ0v) is 13.2. The number of rotatable bonds is 3. The average Bonchev–Trinajstić information content (AvgIpc) is 2.77. The van der Waals surface area contributed by atoms with Gasteiger partial charge in [-0.05, 0) is 45.2 Å². The Morgan fingerprint density at radius 2 is 1.79 bits per heavy atom. The van der Waals surface area contributed by atoms with Crippen LogP contribution in [0.15, 0.2) is 17.5 Å². The Hall–Kier alpha value is -1.19.